The standard InChI is InChI=1S/C18H24N4O3/c1-3-14(23)10-20-17-15(11(2)21-18(19)22-17)8-12-4-6-13(7-5-12)9-16(24)25/h4-7,14,23H,3,8-10H2,1-2H3,(H,24,25)(H3,19,20,21,22)/t14-/m0/s1. The van der Waals surface area contributed by atoms with Crippen molar-refractivity contribution in [2.45, 2.75) is 39.2 Å². The van der Waals surface area contributed by atoms with Crippen molar-refractivity contribution in [1.29, 1.82) is 0 Å². The topological polar surface area (TPSA) is 121 Å². The molecule has 1 aromatic heterocycles. The number of aliphatic hydroxyl groups is 1. The van der Waals surface area contributed by atoms with E-state index in [-0.39, 0.29) is 12.4 Å². The number of anilines is 2. The summed E-state index contributed by atoms with van der Waals surface area (Å²) in [4.78, 5) is 19.2. The summed E-state index contributed by atoms with van der Waals surface area (Å²) in [5.41, 5.74) is 9.20. The number of benzene rings is 1. The number of aryl methyl sites for hydroxylation is 1. The average molecular weight is 344 g/mol. The third-order valence-electron chi connectivity index (χ3n) is 3.97. The molecule has 0 saturated carbocycles. The van der Waals surface area contributed by atoms with Crippen LogP contribution < -0.4 is 11.1 Å². The number of nitrogens with two attached hydrogens (primary N) is 1. The molecule has 0 fully saturated rings. The first kappa shape index (κ1) is 18.7. The van der Waals surface area contributed by atoms with Crippen LogP contribution in [-0.4, -0.2) is 38.8 Å². The summed E-state index contributed by atoms with van der Waals surface area (Å²) < 4.78 is 0. The Hall–Kier alpha value is -2.67. The van der Waals surface area contributed by atoms with E-state index in [1.54, 1.807) is 0 Å². The molecule has 0 spiro atoms. The Morgan fingerprint density at radius 1 is 1.24 bits per heavy atom. The Balaban J connectivity index is 2.21. The Morgan fingerprint density at radius 2 is 1.88 bits per heavy atom. The van der Waals surface area contributed by atoms with E-state index in [1.807, 2.05) is 38.1 Å². The van der Waals surface area contributed by atoms with Gasteiger partial charge in [-0.05, 0) is 24.5 Å². The van der Waals surface area contributed by atoms with Crippen molar-refractivity contribution in [3.63, 3.8) is 0 Å². The second-order valence-corrected chi connectivity index (χ2v) is 6.00. The summed E-state index contributed by atoms with van der Waals surface area (Å²) >= 11 is 0. The van der Waals surface area contributed by atoms with E-state index < -0.39 is 12.1 Å². The molecule has 0 aliphatic rings. The molecule has 0 aliphatic carbocycles. The van der Waals surface area contributed by atoms with E-state index in [0.29, 0.717) is 25.2 Å². The monoisotopic (exact) mass is 344 g/mol. The van der Waals surface area contributed by atoms with E-state index in [0.717, 1.165) is 22.4 Å². The molecule has 0 aliphatic heterocycles. The van der Waals surface area contributed by atoms with Gasteiger partial charge in [-0.2, -0.15) is 4.98 Å². The number of nitrogens with one attached hydrogen (secondary N) is 1. The van der Waals surface area contributed by atoms with Gasteiger partial charge in [0.1, 0.15) is 5.82 Å². The molecule has 0 amide bonds. The minimum Gasteiger partial charge on any atom is -0.481 e. The van der Waals surface area contributed by atoms with E-state index in [2.05, 4.69) is 15.3 Å². The molecule has 0 saturated heterocycles. The van der Waals surface area contributed by atoms with Crippen molar-refractivity contribution >= 4 is 17.7 Å². The van der Waals surface area contributed by atoms with Crippen LogP contribution in [-0.2, 0) is 17.6 Å². The number of aliphatic carboxylic acids is 1. The normalized spacial score (nSPS) is 12.0. The van der Waals surface area contributed by atoms with E-state index >= 15 is 0 Å². The van der Waals surface area contributed by atoms with Gasteiger partial charge in [0.15, 0.2) is 0 Å². The maximum atomic E-state index is 10.8. The van der Waals surface area contributed by atoms with Crippen molar-refractivity contribution in [1.82, 2.24) is 9.97 Å². The number of carboxylic acids is 1. The number of aromatic nitrogens is 2. The summed E-state index contributed by atoms with van der Waals surface area (Å²) in [6.45, 7) is 4.16. The van der Waals surface area contributed by atoms with Crippen LogP contribution in [0.3, 0.4) is 0 Å². The van der Waals surface area contributed by atoms with E-state index in [9.17, 15) is 9.90 Å². The second kappa shape index (κ2) is 8.43. The zero-order chi connectivity index (χ0) is 18.4. The zero-order valence-corrected chi connectivity index (χ0v) is 14.5. The third kappa shape index (κ3) is 5.42. The lowest BCUT2D eigenvalue weighted by atomic mass is 10.0. The predicted molar refractivity (Wildman–Crippen MR) is 96.6 cm³/mol. The molecule has 5 N–H and O–H groups in total. The van der Waals surface area contributed by atoms with Gasteiger partial charge in [0, 0.05) is 24.2 Å². The van der Waals surface area contributed by atoms with Crippen LogP contribution in [0.1, 0.15) is 35.7 Å². The Kier molecular flexibility index (Phi) is 6.30. The van der Waals surface area contributed by atoms with Gasteiger partial charge in [0.05, 0.1) is 12.5 Å². The summed E-state index contributed by atoms with van der Waals surface area (Å²) in [7, 11) is 0. The number of carbonyl (C=O) groups is 1. The van der Waals surface area contributed by atoms with Gasteiger partial charge in [-0.3, -0.25) is 4.79 Å². The van der Waals surface area contributed by atoms with Crippen LogP contribution in [0, 0.1) is 6.92 Å². The van der Waals surface area contributed by atoms with Gasteiger partial charge in [-0.1, -0.05) is 31.2 Å². The Labute approximate surface area is 146 Å². The molecule has 7 heteroatoms. The van der Waals surface area contributed by atoms with Crippen LogP contribution in [0.5, 0.6) is 0 Å². The first-order valence-corrected chi connectivity index (χ1v) is 8.23. The smallest absolute Gasteiger partial charge is 0.307 e. The Morgan fingerprint density at radius 3 is 2.48 bits per heavy atom. The van der Waals surface area contributed by atoms with Gasteiger partial charge in [-0.25, -0.2) is 4.98 Å². The van der Waals surface area contributed by atoms with Gasteiger partial charge in [0.2, 0.25) is 5.95 Å². The SMILES string of the molecule is CC[C@H](O)CNc1nc(N)nc(C)c1Cc1ccc(CC(=O)O)cc1. The second-order valence-electron chi connectivity index (χ2n) is 6.00. The molecule has 25 heavy (non-hydrogen) atoms. The van der Waals surface area contributed by atoms with Crippen molar-refractivity contribution in [2.75, 3.05) is 17.6 Å². The van der Waals surface area contributed by atoms with Crippen molar-refractivity contribution < 1.29 is 15.0 Å². The molecule has 7 nitrogen and oxygen atoms in total. The lowest BCUT2D eigenvalue weighted by Gasteiger charge is -2.16. The van der Waals surface area contributed by atoms with Gasteiger partial charge < -0.3 is 21.3 Å². The van der Waals surface area contributed by atoms with Gasteiger partial charge in [0.25, 0.3) is 0 Å². The number of rotatable bonds is 8. The fraction of sp³-hybridized carbons (Fsp3) is 0.389. The predicted octanol–water partition coefficient (Wildman–Crippen LogP) is 1.77. The van der Waals surface area contributed by atoms with Crippen LogP contribution in [0.15, 0.2) is 24.3 Å². The summed E-state index contributed by atoms with van der Waals surface area (Å²) in [5, 5.41) is 21.7. The third-order valence-corrected chi connectivity index (χ3v) is 3.97. The van der Waals surface area contributed by atoms with Gasteiger partial charge in [-0.15, -0.1) is 0 Å². The van der Waals surface area contributed by atoms with Crippen molar-refractivity contribution in [2.24, 2.45) is 0 Å². The number of hydrogen-bond acceptors (Lipinski definition) is 6. The minimum atomic E-state index is -0.850. The number of nitrogens with zero attached hydrogens (tertiary/aromatic N) is 2. The zero-order valence-electron chi connectivity index (χ0n) is 14.5. The number of hydrogen-bond donors (Lipinski definition) is 4. The molecule has 134 valence electrons. The average Bonchev–Trinajstić information content (AvgIpc) is 2.56. The highest BCUT2D eigenvalue weighted by Crippen LogP contribution is 2.21. The highest BCUT2D eigenvalue weighted by atomic mass is 16.4. The Bertz CT molecular complexity index is 732. The molecule has 0 bridgehead atoms. The number of carboxylic acid groups (broad SMARTS) is 1. The lowest BCUT2D eigenvalue weighted by molar-refractivity contribution is -0.136. The van der Waals surface area contributed by atoms with Crippen LogP contribution >= 0.6 is 0 Å². The molecule has 1 aromatic carbocycles. The molecular weight excluding hydrogens is 320 g/mol. The molecular formula is C18H24N4O3. The van der Waals surface area contributed by atoms with E-state index in [1.165, 1.54) is 0 Å². The molecule has 2 rings (SSSR count). The van der Waals surface area contributed by atoms with Crippen LogP contribution in [0.2, 0.25) is 0 Å². The first-order valence-electron chi connectivity index (χ1n) is 8.23. The quantitative estimate of drug-likeness (QED) is 0.576. The maximum Gasteiger partial charge on any atom is 0.307 e. The number of nitrogen functional groups attached to an aromatic ring is 1. The van der Waals surface area contributed by atoms with Crippen molar-refractivity contribution in [3.8, 4) is 0 Å². The highest BCUT2D eigenvalue weighted by molar-refractivity contribution is 5.70. The largest absolute Gasteiger partial charge is 0.481 e. The van der Waals surface area contributed by atoms with Gasteiger partial charge >= 0.3 is 5.97 Å². The van der Waals surface area contributed by atoms with E-state index in [4.69, 9.17) is 10.8 Å². The number of aliphatic hydroxyl groups excluding tert-OH is 1. The van der Waals surface area contributed by atoms with Crippen molar-refractivity contribution in [3.05, 3.63) is 46.6 Å². The minimum absolute atomic E-state index is 0.00595. The highest BCUT2D eigenvalue weighted by Gasteiger charge is 2.13. The fourth-order valence-electron chi connectivity index (χ4n) is 2.49. The lowest BCUT2D eigenvalue weighted by Crippen LogP contribution is -2.20. The first-order chi connectivity index (χ1) is 11.9. The fourth-order valence-corrected chi connectivity index (χ4v) is 2.49. The van der Waals surface area contributed by atoms with Crippen LogP contribution in [0.25, 0.3) is 0 Å². The maximum absolute atomic E-state index is 10.8. The van der Waals surface area contributed by atoms with Crippen LogP contribution in [0.4, 0.5) is 11.8 Å². The molecule has 0 radical (unpaired) electrons. The molecule has 1 atom stereocenters. The summed E-state index contributed by atoms with van der Waals surface area (Å²) in [6.07, 6.45) is 0.780. The summed E-state index contributed by atoms with van der Waals surface area (Å²) in [6, 6.07) is 7.42. The molecule has 1 heterocycles. The molecule has 2 aromatic rings. The summed E-state index contributed by atoms with van der Waals surface area (Å²) in [5.74, 6) is -0.0462. The molecule has 0 unspecified atom stereocenters.